The topological polar surface area (TPSA) is 43.1 Å². The summed E-state index contributed by atoms with van der Waals surface area (Å²) in [4.78, 5) is 15.5. The van der Waals surface area contributed by atoms with E-state index in [9.17, 15) is 4.79 Å². The van der Waals surface area contributed by atoms with Crippen molar-refractivity contribution in [2.75, 3.05) is 5.33 Å². The summed E-state index contributed by atoms with van der Waals surface area (Å²) in [5.41, 5.74) is 2.09. The van der Waals surface area contributed by atoms with Gasteiger partial charge in [0.2, 0.25) is 0 Å². The SMILES string of the molecule is Cc1nc2ccc(C(=O)CBr)cc2o1. The largest absolute Gasteiger partial charge is 0.441 e. The molecule has 0 radical (unpaired) electrons. The Morgan fingerprint density at radius 1 is 1.57 bits per heavy atom. The van der Waals surface area contributed by atoms with Gasteiger partial charge in [0.05, 0.1) is 5.33 Å². The van der Waals surface area contributed by atoms with Crippen LogP contribution in [0.4, 0.5) is 0 Å². The van der Waals surface area contributed by atoms with Gasteiger partial charge < -0.3 is 4.42 Å². The molecule has 1 aromatic carbocycles. The monoisotopic (exact) mass is 253 g/mol. The van der Waals surface area contributed by atoms with Gasteiger partial charge in [-0.05, 0) is 18.2 Å². The third-order valence-electron chi connectivity index (χ3n) is 1.94. The lowest BCUT2D eigenvalue weighted by Gasteiger charge is -1.94. The Balaban J connectivity index is 2.55. The number of fused-ring (bicyclic) bond motifs is 1. The summed E-state index contributed by atoms with van der Waals surface area (Å²) in [6.07, 6.45) is 0. The number of benzene rings is 1. The first-order valence-electron chi connectivity index (χ1n) is 4.17. The molecule has 0 saturated carbocycles. The van der Waals surface area contributed by atoms with Crippen LogP contribution in [0.5, 0.6) is 0 Å². The Kier molecular flexibility index (Phi) is 2.37. The number of Topliss-reactive ketones (excluding diaryl/α,β-unsaturated/α-hetero) is 1. The average Bonchev–Trinajstić information content (AvgIpc) is 2.55. The van der Waals surface area contributed by atoms with Crippen molar-refractivity contribution in [2.24, 2.45) is 0 Å². The summed E-state index contributed by atoms with van der Waals surface area (Å²) in [6.45, 7) is 1.78. The van der Waals surface area contributed by atoms with Crippen LogP contribution in [0, 0.1) is 6.92 Å². The highest BCUT2D eigenvalue weighted by Crippen LogP contribution is 2.17. The highest BCUT2D eigenvalue weighted by Gasteiger charge is 2.07. The summed E-state index contributed by atoms with van der Waals surface area (Å²) in [5.74, 6) is 0.657. The van der Waals surface area contributed by atoms with E-state index < -0.39 is 0 Å². The minimum absolute atomic E-state index is 0.0425. The second-order valence-corrected chi connectivity index (χ2v) is 3.53. The molecule has 2 rings (SSSR count). The standard InChI is InChI=1S/C10H8BrNO2/c1-6-12-8-3-2-7(9(13)5-11)4-10(8)14-6/h2-4H,5H2,1H3. The molecule has 2 aromatic rings. The van der Waals surface area contributed by atoms with Gasteiger partial charge in [-0.2, -0.15) is 0 Å². The minimum atomic E-state index is 0.0425. The van der Waals surface area contributed by atoms with Crippen LogP contribution >= 0.6 is 15.9 Å². The molecule has 3 nitrogen and oxygen atoms in total. The minimum Gasteiger partial charge on any atom is -0.441 e. The van der Waals surface area contributed by atoms with E-state index in [2.05, 4.69) is 20.9 Å². The number of alkyl halides is 1. The molecule has 0 fully saturated rings. The number of carbonyl (C=O) groups excluding carboxylic acids is 1. The number of ketones is 1. The Hall–Kier alpha value is -1.16. The molecule has 0 saturated heterocycles. The van der Waals surface area contributed by atoms with Gasteiger partial charge in [-0.1, -0.05) is 15.9 Å². The quantitative estimate of drug-likeness (QED) is 0.611. The van der Waals surface area contributed by atoms with E-state index in [0.29, 0.717) is 22.4 Å². The highest BCUT2D eigenvalue weighted by molar-refractivity contribution is 9.09. The Bertz CT molecular complexity index is 490. The van der Waals surface area contributed by atoms with E-state index in [4.69, 9.17) is 4.42 Å². The van der Waals surface area contributed by atoms with E-state index in [-0.39, 0.29) is 5.78 Å². The molecule has 0 amide bonds. The van der Waals surface area contributed by atoms with Crippen LogP contribution < -0.4 is 0 Å². The maximum atomic E-state index is 11.4. The summed E-state index contributed by atoms with van der Waals surface area (Å²) in [6, 6.07) is 5.27. The number of aromatic nitrogens is 1. The predicted octanol–water partition coefficient (Wildman–Crippen LogP) is 2.71. The first-order valence-corrected chi connectivity index (χ1v) is 5.29. The molecule has 0 N–H and O–H groups in total. The van der Waals surface area contributed by atoms with Crippen LogP contribution in [0.15, 0.2) is 22.6 Å². The van der Waals surface area contributed by atoms with Gasteiger partial charge in [0.15, 0.2) is 17.3 Å². The molecule has 0 atom stereocenters. The van der Waals surface area contributed by atoms with Crippen molar-refractivity contribution >= 4 is 32.8 Å². The van der Waals surface area contributed by atoms with E-state index in [0.717, 1.165) is 5.52 Å². The lowest BCUT2D eigenvalue weighted by atomic mass is 10.1. The van der Waals surface area contributed by atoms with Crippen molar-refractivity contribution in [3.05, 3.63) is 29.7 Å². The third kappa shape index (κ3) is 1.57. The van der Waals surface area contributed by atoms with Crippen molar-refractivity contribution in [2.45, 2.75) is 6.92 Å². The number of hydrogen-bond acceptors (Lipinski definition) is 3. The van der Waals surface area contributed by atoms with Crippen molar-refractivity contribution in [1.29, 1.82) is 0 Å². The molecule has 0 aliphatic heterocycles. The van der Waals surface area contributed by atoms with Crippen LogP contribution in [0.3, 0.4) is 0 Å². The first-order chi connectivity index (χ1) is 6.70. The zero-order valence-electron chi connectivity index (χ0n) is 7.58. The summed E-state index contributed by atoms with van der Waals surface area (Å²) < 4.78 is 5.32. The van der Waals surface area contributed by atoms with Gasteiger partial charge in [-0.25, -0.2) is 4.98 Å². The second kappa shape index (κ2) is 3.53. The van der Waals surface area contributed by atoms with Gasteiger partial charge in [0.1, 0.15) is 5.52 Å². The Morgan fingerprint density at radius 3 is 3.07 bits per heavy atom. The predicted molar refractivity (Wildman–Crippen MR) is 56.9 cm³/mol. The van der Waals surface area contributed by atoms with Crippen molar-refractivity contribution in [1.82, 2.24) is 4.98 Å². The molecule has 0 aliphatic carbocycles. The summed E-state index contributed by atoms with van der Waals surface area (Å²) in [5, 5.41) is 0.325. The molecule has 14 heavy (non-hydrogen) atoms. The highest BCUT2D eigenvalue weighted by atomic mass is 79.9. The van der Waals surface area contributed by atoms with Gasteiger partial charge in [0, 0.05) is 12.5 Å². The molecular formula is C10H8BrNO2. The molecule has 1 heterocycles. The van der Waals surface area contributed by atoms with Gasteiger partial charge in [0.25, 0.3) is 0 Å². The maximum absolute atomic E-state index is 11.4. The number of carbonyl (C=O) groups is 1. The van der Waals surface area contributed by atoms with E-state index >= 15 is 0 Å². The van der Waals surface area contributed by atoms with Crippen molar-refractivity contribution < 1.29 is 9.21 Å². The number of oxazole rings is 1. The number of rotatable bonds is 2. The molecule has 0 unspecified atom stereocenters. The lowest BCUT2D eigenvalue weighted by molar-refractivity contribution is 0.102. The zero-order valence-corrected chi connectivity index (χ0v) is 9.17. The summed E-state index contributed by atoms with van der Waals surface area (Å²) in [7, 11) is 0. The molecule has 0 bridgehead atoms. The van der Waals surface area contributed by atoms with Gasteiger partial charge in [-0.15, -0.1) is 0 Å². The third-order valence-corrected chi connectivity index (χ3v) is 2.45. The number of aryl methyl sites for hydroxylation is 1. The van der Waals surface area contributed by atoms with Gasteiger partial charge in [-0.3, -0.25) is 4.79 Å². The van der Waals surface area contributed by atoms with E-state index in [1.54, 1.807) is 25.1 Å². The maximum Gasteiger partial charge on any atom is 0.192 e. The fourth-order valence-corrected chi connectivity index (χ4v) is 1.61. The Labute approximate surface area is 89.3 Å². The normalized spacial score (nSPS) is 10.7. The smallest absolute Gasteiger partial charge is 0.192 e. The van der Waals surface area contributed by atoms with E-state index in [1.165, 1.54) is 0 Å². The van der Waals surface area contributed by atoms with Crippen LogP contribution in [0.2, 0.25) is 0 Å². The molecule has 1 aromatic heterocycles. The van der Waals surface area contributed by atoms with Crippen LogP contribution in [-0.2, 0) is 0 Å². The molecular weight excluding hydrogens is 246 g/mol. The molecule has 0 aliphatic rings. The first kappa shape index (κ1) is 9.40. The second-order valence-electron chi connectivity index (χ2n) is 2.97. The summed E-state index contributed by atoms with van der Waals surface area (Å²) >= 11 is 3.12. The van der Waals surface area contributed by atoms with Crippen LogP contribution in [0.1, 0.15) is 16.2 Å². The Morgan fingerprint density at radius 2 is 2.36 bits per heavy atom. The van der Waals surface area contributed by atoms with E-state index in [1.807, 2.05) is 0 Å². The number of halogens is 1. The van der Waals surface area contributed by atoms with Crippen LogP contribution in [-0.4, -0.2) is 16.1 Å². The van der Waals surface area contributed by atoms with Gasteiger partial charge >= 0.3 is 0 Å². The van der Waals surface area contributed by atoms with Crippen LogP contribution in [0.25, 0.3) is 11.1 Å². The number of nitrogens with zero attached hydrogens (tertiary/aromatic N) is 1. The fraction of sp³-hybridized carbons (Fsp3) is 0.200. The van der Waals surface area contributed by atoms with Crippen molar-refractivity contribution in [3.63, 3.8) is 0 Å². The molecule has 72 valence electrons. The zero-order chi connectivity index (χ0) is 10.1. The fourth-order valence-electron chi connectivity index (χ4n) is 1.29. The lowest BCUT2D eigenvalue weighted by Crippen LogP contribution is -1.98. The average molecular weight is 254 g/mol. The molecule has 4 heteroatoms. The molecule has 0 spiro atoms. The van der Waals surface area contributed by atoms with Crippen molar-refractivity contribution in [3.8, 4) is 0 Å². The number of hydrogen-bond donors (Lipinski definition) is 0.